The lowest BCUT2D eigenvalue weighted by atomic mass is 10.2. The molecule has 0 amide bonds. The van der Waals surface area contributed by atoms with Gasteiger partial charge in [0.2, 0.25) is 9.84 Å². The fourth-order valence-electron chi connectivity index (χ4n) is 1.57. The van der Waals surface area contributed by atoms with Crippen LogP contribution in [-0.4, -0.2) is 13.3 Å². The lowest BCUT2D eigenvalue weighted by Crippen LogP contribution is -2.45. The van der Waals surface area contributed by atoms with Crippen molar-refractivity contribution in [1.29, 1.82) is 0 Å². The lowest BCUT2D eigenvalue weighted by molar-refractivity contribution is 0.544. The van der Waals surface area contributed by atoms with E-state index in [0.29, 0.717) is 4.90 Å². The summed E-state index contributed by atoms with van der Waals surface area (Å²) in [4.78, 5) is -0.742. The highest BCUT2D eigenvalue weighted by Crippen LogP contribution is 2.25. The van der Waals surface area contributed by atoms with E-state index in [1.165, 1.54) is 0 Å². The fourth-order valence-corrected chi connectivity index (χ4v) is 3.05. The number of hydrogen-bond donors (Lipinski definition) is 1. The molecular weight excluding hydrogens is 222 g/mol. The van der Waals surface area contributed by atoms with Gasteiger partial charge in [-0.25, -0.2) is 8.42 Å². The van der Waals surface area contributed by atoms with E-state index in [4.69, 9.17) is 0 Å². The Hall–Kier alpha value is -1.55. The Bertz CT molecular complexity index is 531. The summed E-state index contributed by atoms with van der Waals surface area (Å²) in [6.45, 7) is 1.65. The Kier molecular flexibility index (Phi) is 2.59. The zero-order valence-corrected chi connectivity index (χ0v) is 9.74. The van der Waals surface area contributed by atoms with Crippen LogP contribution < -0.4 is 5.32 Å². The SMILES string of the molecule is CC1(S(=O)(=O)c2ccccc2)C=CC=CN1. The Labute approximate surface area is 95.4 Å². The summed E-state index contributed by atoms with van der Waals surface area (Å²) in [6, 6.07) is 8.45. The number of rotatable bonds is 2. The summed E-state index contributed by atoms with van der Waals surface area (Å²) in [5.74, 6) is 0. The van der Waals surface area contributed by atoms with Crippen LogP contribution in [0.2, 0.25) is 0 Å². The smallest absolute Gasteiger partial charge is 0.205 e. The Morgan fingerprint density at radius 1 is 1.12 bits per heavy atom. The second-order valence-electron chi connectivity index (χ2n) is 3.79. The lowest BCUT2D eigenvalue weighted by Gasteiger charge is -2.28. The average molecular weight is 235 g/mol. The van der Waals surface area contributed by atoms with Crippen LogP contribution in [0.4, 0.5) is 0 Å². The van der Waals surface area contributed by atoms with E-state index in [9.17, 15) is 8.42 Å². The predicted molar refractivity (Wildman–Crippen MR) is 63.4 cm³/mol. The van der Waals surface area contributed by atoms with Crippen LogP contribution in [-0.2, 0) is 9.84 Å². The van der Waals surface area contributed by atoms with Crippen molar-refractivity contribution in [2.75, 3.05) is 0 Å². The number of sulfone groups is 1. The monoisotopic (exact) mass is 235 g/mol. The summed E-state index contributed by atoms with van der Waals surface area (Å²) in [6.07, 6.45) is 6.79. The molecule has 1 atom stereocenters. The first-order chi connectivity index (χ1) is 7.56. The summed E-state index contributed by atoms with van der Waals surface area (Å²) in [5, 5.41) is 2.88. The molecule has 2 rings (SSSR count). The molecule has 0 fully saturated rings. The van der Waals surface area contributed by atoms with Crippen LogP contribution in [0.5, 0.6) is 0 Å². The normalized spacial score (nSPS) is 24.1. The molecule has 0 bridgehead atoms. The Morgan fingerprint density at radius 2 is 1.81 bits per heavy atom. The molecule has 1 heterocycles. The van der Waals surface area contributed by atoms with E-state index in [2.05, 4.69) is 5.32 Å². The Balaban J connectivity index is 2.48. The Morgan fingerprint density at radius 3 is 2.38 bits per heavy atom. The van der Waals surface area contributed by atoms with E-state index < -0.39 is 14.7 Å². The van der Waals surface area contributed by atoms with Gasteiger partial charge in [-0.1, -0.05) is 24.3 Å². The molecule has 0 saturated heterocycles. The molecule has 1 aromatic carbocycles. The summed E-state index contributed by atoms with van der Waals surface area (Å²) in [5.41, 5.74) is 0. The third-order valence-corrected chi connectivity index (χ3v) is 4.87. The molecule has 0 radical (unpaired) electrons. The largest absolute Gasteiger partial charge is 0.369 e. The molecular formula is C12H13NO2S. The molecule has 3 nitrogen and oxygen atoms in total. The van der Waals surface area contributed by atoms with Gasteiger partial charge in [-0.15, -0.1) is 0 Å². The van der Waals surface area contributed by atoms with Crippen molar-refractivity contribution in [1.82, 2.24) is 5.32 Å². The highest BCUT2D eigenvalue weighted by Gasteiger charge is 2.37. The quantitative estimate of drug-likeness (QED) is 0.851. The first-order valence-corrected chi connectivity index (χ1v) is 6.46. The summed E-state index contributed by atoms with van der Waals surface area (Å²) in [7, 11) is -3.41. The number of nitrogens with one attached hydrogen (secondary N) is 1. The van der Waals surface area contributed by atoms with Gasteiger partial charge in [0, 0.05) is 0 Å². The van der Waals surface area contributed by atoms with Crippen molar-refractivity contribution in [3.05, 3.63) is 54.8 Å². The van der Waals surface area contributed by atoms with Gasteiger partial charge in [-0.2, -0.15) is 0 Å². The fraction of sp³-hybridized carbons (Fsp3) is 0.167. The maximum absolute atomic E-state index is 12.4. The molecule has 1 aromatic rings. The minimum atomic E-state index is -3.41. The molecule has 0 aromatic heterocycles. The van der Waals surface area contributed by atoms with Gasteiger partial charge in [0.15, 0.2) is 4.87 Å². The highest BCUT2D eigenvalue weighted by atomic mass is 32.2. The predicted octanol–water partition coefficient (Wildman–Crippen LogP) is 1.85. The van der Waals surface area contributed by atoms with Crippen molar-refractivity contribution >= 4 is 9.84 Å². The number of hydrogen-bond acceptors (Lipinski definition) is 3. The molecule has 0 saturated carbocycles. The van der Waals surface area contributed by atoms with Crippen LogP contribution in [0.3, 0.4) is 0 Å². The first kappa shape index (κ1) is 11.0. The van der Waals surface area contributed by atoms with Crippen LogP contribution in [0.1, 0.15) is 6.92 Å². The van der Waals surface area contributed by atoms with Crippen molar-refractivity contribution in [2.45, 2.75) is 16.7 Å². The average Bonchev–Trinajstić information content (AvgIpc) is 2.31. The molecule has 1 N–H and O–H groups in total. The molecule has 0 aliphatic carbocycles. The third-order valence-electron chi connectivity index (χ3n) is 2.60. The minimum absolute atomic E-state index is 0.324. The van der Waals surface area contributed by atoms with E-state index in [1.54, 1.807) is 61.7 Å². The molecule has 16 heavy (non-hydrogen) atoms. The second kappa shape index (κ2) is 3.79. The van der Waals surface area contributed by atoms with Crippen LogP contribution in [0, 0.1) is 0 Å². The van der Waals surface area contributed by atoms with E-state index in [0.717, 1.165) is 0 Å². The molecule has 1 aliphatic heterocycles. The minimum Gasteiger partial charge on any atom is -0.369 e. The zero-order valence-electron chi connectivity index (χ0n) is 8.92. The van der Waals surface area contributed by atoms with Crippen LogP contribution >= 0.6 is 0 Å². The molecule has 0 spiro atoms. The maximum Gasteiger partial charge on any atom is 0.205 e. The topological polar surface area (TPSA) is 46.2 Å². The molecule has 4 heteroatoms. The second-order valence-corrected chi connectivity index (χ2v) is 6.11. The van der Waals surface area contributed by atoms with Crippen molar-refractivity contribution < 1.29 is 8.42 Å². The summed E-state index contributed by atoms with van der Waals surface area (Å²) < 4.78 is 24.7. The van der Waals surface area contributed by atoms with Gasteiger partial charge in [0.25, 0.3) is 0 Å². The maximum atomic E-state index is 12.4. The van der Waals surface area contributed by atoms with Crippen molar-refractivity contribution in [3.63, 3.8) is 0 Å². The molecule has 1 aliphatic rings. The first-order valence-electron chi connectivity index (χ1n) is 4.98. The van der Waals surface area contributed by atoms with E-state index in [-0.39, 0.29) is 0 Å². The third kappa shape index (κ3) is 1.65. The number of benzene rings is 1. The van der Waals surface area contributed by atoms with Crippen LogP contribution in [0.25, 0.3) is 0 Å². The van der Waals surface area contributed by atoms with Gasteiger partial charge in [-0.05, 0) is 37.4 Å². The van der Waals surface area contributed by atoms with Gasteiger partial charge in [0.05, 0.1) is 4.90 Å². The van der Waals surface area contributed by atoms with Crippen LogP contribution in [0.15, 0.2) is 59.7 Å². The van der Waals surface area contributed by atoms with E-state index >= 15 is 0 Å². The van der Waals surface area contributed by atoms with Crippen molar-refractivity contribution in [3.8, 4) is 0 Å². The highest BCUT2D eigenvalue weighted by molar-refractivity contribution is 7.93. The van der Waals surface area contributed by atoms with Crippen molar-refractivity contribution in [2.24, 2.45) is 0 Å². The molecule has 1 unspecified atom stereocenters. The van der Waals surface area contributed by atoms with Gasteiger partial charge in [-0.3, -0.25) is 0 Å². The zero-order chi connectivity index (χ0) is 11.6. The standard InChI is InChI=1S/C12H13NO2S/c1-12(9-5-6-10-13-12)16(14,15)11-7-3-2-4-8-11/h2-10,13H,1H3. The summed E-state index contributed by atoms with van der Waals surface area (Å²) >= 11 is 0. The van der Waals surface area contributed by atoms with Gasteiger partial charge in [0.1, 0.15) is 0 Å². The number of dihydropyridines is 1. The van der Waals surface area contributed by atoms with Gasteiger partial charge < -0.3 is 5.32 Å². The van der Waals surface area contributed by atoms with Gasteiger partial charge >= 0.3 is 0 Å². The molecule has 84 valence electrons. The number of allylic oxidation sites excluding steroid dienone is 2. The van der Waals surface area contributed by atoms with E-state index in [1.807, 2.05) is 0 Å².